The molecule has 0 bridgehead atoms. The van der Waals surface area contributed by atoms with Crippen LogP contribution in [0.4, 0.5) is 0 Å². The molecule has 3 aromatic rings. The number of pyridine rings is 1. The third kappa shape index (κ3) is 1.74. The van der Waals surface area contributed by atoms with Gasteiger partial charge < -0.3 is 5.11 Å². The van der Waals surface area contributed by atoms with Gasteiger partial charge in [0.25, 0.3) is 0 Å². The Hall–Kier alpha value is -2.35. The summed E-state index contributed by atoms with van der Waals surface area (Å²) in [6, 6.07) is 17.3. The Morgan fingerprint density at radius 3 is 2.65 bits per heavy atom. The van der Waals surface area contributed by atoms with Gasteiger partial charge in [-0.1, -0.05) is 30.3 Å². The first-order valence-corrected chi connectivity index (χ1v) is 5.48. The van der Waals surface area contributed by atoms with Gasteiger partial charge in [-0.2, -0.15) is 0 Å². The number of fused-ring (bicyclic) bond motifs is 1. The van der Waals surface area contributed by atoms with Crippen molar-refractivity contribution in [1.29, 1.82) is 0 Å². The Bertz CT molecular complexity index is 662. The van der Waals surface area contributed by atoms with E-state index >= 15 is 0 Å². The van der Waals surface area contributed by atoms with E-state index < -0.39 is 0 Å². The zero-order valence-corrected chi connectivity index (χ0v) is 9.17. The molecule has 0 atom stereocenters. The van der Waals surface area contributed by atoms with Crippen LogP contribution < -0.4 is 0 Å². The van der Waals surface area contributed by atoms with Crippen molar-refractivity contribution in [2.24, 2.45) is 0 Å². The van der Waals surface area contributed by atoms with Crippen LogP contribution >= 0.6 is 0 Å². The topological polar surface area (TPSA) is 33.1 Å². The van der Waals surface area contributed by atoms with E-state index in [1.165, 1.54) is 0 Å². The van der Waals surface area contributed by atoms with E-state index in [1.54, 1.807) is 18.3 Å². The quantitative estimate of drug-likeness (QED) is 0.681. The van der Waals surface area contributed by atoms with Crippen LogP contribution in [0.5, 0.6) is 5.75 Å². The Morgan fingerprint density at radius 1 is 0.882 bits per heavy atom. The molecule has 0 unspecified atom stereocenters. The molecule has 3 rings (SSSR count). The molecule has 2 heteroatoms. The van der Waals surface area contributed by atoms with Crippen LogP contribution in [0.15, 0.2) is 60.8 Å². The second-order valence-corrected chi connectivity index (χ2v) is 3.93. The number of phenolic OH excluding ortho intramolecular Hbond substituents is 1. The molecule has 0 aliphatic rings. The van der Waals surface area contributed by atoms with E-state index in [-0.39, 0.29) is 5.75 Å². The molecule has 0 spiro atoms. The average Bonchev–Trinajstić information content (AvgIpc) is 2.39. The summed E-state index contributed by atoms with van der Waals surface area (Å²) in [5.74, 6) is 0.279. The van der Waals surface area contributed by atoms with Gasteiger partial charge in [-0.05, 0) is 35.0 Å². The molecule has 0 aliphatic carbocycles. The molecule has 82 valence electrons. The van der Waals surface area contributed by atoms with Gasteiger partial charge in [0.05, 0.1) is 5.69 Å². The molecule has 17 heavy (non-hydrogen) atoms. The van der Waals surface area contributed by atoms with Gasteiger partial charge in [0.1, 0.15) is 5.75 Å². The maximum Gasteiger partial charge on any atom is 0.116 e. The molecule has 0 fully saturated rings. The predicted octanol–water partition coefficient (Wildman–Crippen LogP) is 3.61. The van der Waals surface area contributed by atoms with E-state index in [0.717, 1.165) is 22.0 Å². The summed E-state index contributed by atoms with van der Waals surface area (Å²) in [4.78, 5) is 4.35. The lowest BCUT2D eigenvalue weighted by molar-refractivity contribution is 0.476. The zero-order chi connectivity index (χ0) is 11.7. The van der Waals surface area contributed by atoms with Crippen molar-refractivity contribution in [1.82, 2.24) is 4.98 Å². The molecule has 0 radical (unpaired) electrons. The highest BCUT2D eigenvalue weighted by molar-refractivity contribution is 5.96. The Kier molecular flexibility index (Phi) is 2.26. The van der Waals surface area contributed by atoms with Gasteiger partial charge >= 0.3 is 0 Å². The van der Waals surface area contributed by atoms with E-state index in [0.29, 0.717) is 0 Å². The van der Waals surface area contributed by atoms with E-state index in [4.69, 9.17) is 0 Å². The minimum absolute atomic E-state index is 0.279. The van der Waals surface area contributed by atoms with Gasteiger partial charge in [0, 0.05) is 11.8 Å². The molecule has 1 heterocycles. The fourth-order valence-corrected chi connectivity index (χ4v) is 2.01. The average molecular weight is 221 g/mol. The molecule has 1 aromatic heterocycles. The van der Waals surface area contributed by atoms with Crippen molar-refractivity contribution in [3.8, 4) is 17.0 Å². The van der Waals surface area contributed by atoms with Gasteiger partial charge in [-0.25, -0.2) is 0 Å². The zero-order valence-electron chi connectivity index (χ0n) is 9.17. The standard InChI is InChI=1S/C15H11NO/c17-12-8-7-11-4-3-5-13(14(11)10-12)15-6-1-2-9-16-15/h1-10,17H. The first kappa shape index (κ1) is 9.85. The second kappa shape index (κ2) is 3.91. The normalized spacial score (nSPS) is 10.6. The third-order valence-electron chi connectivity index (χ3n) is 2.81. The number of benzene rings is 2. The summed E-state index contributed by atoms with van der Waals surface area (Å²) in [5.41, 5.74) is 1.96. The summed E-state index contributed by atoms with van der Waals surface area (Å²) in [6.45, 7) is 0. The maximum atomic E-state index is 9.58. The summed E-state index contributed by atoms with van der Waals surface area (Å²) in [5, 5.41) is 11.7. The molecule has 2 aromatic carbocycles. The van der Waals surface area contributed by atoms with Crippen LogP contribution in [0, 0.1) is 0 Å². The van der Waals surface area contributed by atoms with Crippen molar-refractivity contribution in [3.63, 3.8) is 0 Å². The summed E-state index contributed by atoms with van der Waals surface area (Å²) in [6.07, 6.45) is 1.77. The monoisotopic (exact) mass is 221 g/mol. The van der Waals surface area contributed by atoms with Crippen molar-refractivity contribution in [2.75, 3.05) is 0 Å². The highest BCUT2D eigenvalue weighted by atomic mass is 16.3. The predicted molar refractivity (Wildman–Crippen MR) is 68.8 cm³/mol. The Labute approximate surface area is 99.2 Å². The van der Waals surface area contributed by atoms with Crippen LogP contribution in [0.3, 0.4) is 0 Å². The lowest BCUT2D eigenvalue weighted by Gasteiger charge is -2.06. The van der Waals surface area contributed by atoms with Crippen LogP contribution in [-0.4, -0.2) is 10.1 Å². The molecule has 0 saturated heterocycles. The van der Waals surface area contributed by atoms with Crippen LogP contribution in [0.2, 0.25) is 0 Å². The first-order chi connectivity index (χ1) is 8.34. The number of nitrogens with zero attached hydrogens (tertiary/aromatic N) is 1. The highest BCUT2D eigenvalue weighted by Crippen LogP contribution is 2.29. The van der Waals surface area contributed by atoms with Gasteiger partial charge in [-0.3, -0.25) is 4.98 Å². The van der Waals surface area contributed by atoms with Crippen LogP contribution in [-0.2, 0) is 0 Å². The molecular weight excluding hydrogens is 210 g/mol. The molecule has 0 amide bonds. The molecule has 2 nitrogen and oxygen atoms in total. The number of aromatic hydroxyl groups is 1. The lowest BCUT2D eigenvalue weighted by atomic mass is 10.0. The van der Waals surface area contributed by atoms with Crippen molar-refractivity contribution in [2.45, 2.75) is 0 Å². The highest BCUT2D eigenvalue weighted by Gasteiger charge is 2.04. The first-order valence-electron chi connectivity index (χ1n) is 5.48. The van der Waals surface area contributed by atoms with Crippen LogP contribution in [0.1, 0.15) is 0 Å². The van der Waals surface area contributed by atoms with E-state index in [2.05, 4.69) is 4.98 Å². The van der Waals surface area contributed by atoms with Crippen LogP contribution in [0.25, 0.3) is 22.0 Å². The number of hydrogen-bond acceptors (Lipinski definition) is 2. The second-order valence-electron chi connectivity index (χ2n) is 3.93. The molecule has 0 saturated carbocycles. The van der Waals surface area contributed by atoms with Gasteiger partial charge in [0.2, 0.25) is 0 Å². The molecular formula is C15H11NO. The minimum Gasteiger partial charge on any atom is -0.508 e. The fourth-order valence-electron chi connectivity index (χ4n) is 2.01. The third-order valence-corrected chi connectivity index (χ3v) is 2.81. The fraction of sp³-hybridized carbons (Fsp3) is 0. The summed E-state index contributed by atoms with van der Waals surface area (Å²) >= 11 is 0. The Morgan fingerprint density at radius 2 is 1.82 bits per heavy atom. The van der Waals surface area contributed by atoms with E-state index in [1.807, 2.05) is 42.5 Å². The van der Waals surface area contributed by atoms with Gasteiger partial charge in [0.15, 0.2) is 0 Å². The summed E-state index contributed by atoms with van der Waals surface area (Å²) < 4.78 is 0. The number of aromatic nitrogens is 1. The lowest BCUT2D eigenvalue weighted by Crippen LogP contribution is -1.84. The number of phenols is 1. The van der Waals surface area contributed by atoms with Crippen molar-refractivity contribution >= 4 is 10.8 Å². The smallest absolute Gasteiger partial charge is 0.116 e. The van der Waals surface area contributed by atoms with Crippen molar-refractivity contribution in [3.05, 3.63) is 60.8 Å². The Balaban J connectivity index is 2.33. The molecule has 0 aliphatic heterocycles. The summed E-state index contributed by atoms with van der Waals surface area (Å²) in [7, 11) is 0. The number of hydrogen-bond donors (Lipinski definition) is 1. The molecule has 1 N–H and O–H groups in total. The maximum absolute atomic E-state index is 9.58. The van der Waals surface area contributed by atoms with E-state index in [9.17, 15) is 5.11 Å². The van der Waals surface area contributed by atoms with Crippen molar-refractivity contribution < 1.29 is 5.11 Å². The minimum atomic E-state index is 0.279. The van der Waals surface area contributed by atoms with Gasteiger partial charge in [-0.15, -0.1) is 0 Å². The largest absolute Gasteiger partial charge is 0.508 e. The SMILES string of the molecule is Oc1ccc2cccc(-c3ccccn3)c2c1. The number of rotatable bonds is 1.